The Labute approximate surface area is 185 Å². The van der Waals surface area contributed by atoms with Crippen LogP contribution in [0.2, 0.25) is 0 Å². The molecule has 1 fully saturated rings. The van der Waals surface area contributed by atoms with E-state index in [1.54, 1.807) is 7.05 Å². The molecule has 0 bridgehead atoms. The molecule has 184 valence electrons. The predicted molar refractivity (Wildman–Crippen MR) is 116 cm³/mol. The average Bonchev–Trinajstić information content (AvgIpc) is 2.77. The van der Waals surface area contributed by atoms with Gasteiger partial charge in [0.05, 0.1) is 26.6 Å². The first-order valence-corrected chi connectivity index (χ1v) is 11.1. The molecule has 1 rings (SSSR count). The lowest BCUT2D eigenvalue weighted by atomic mass is 10.3. The van der Waals surface area contributed by atoms with E-state index in [1.165, 1.54) is 15.0 Å². The topological polar surface area (TPSA) is 135 Å². The number of unbranched alkanes of at least 4 members (excludes halogenated alkanes) is 3. The van der Waals surface area contributed by atoms with Crippen molar-refractivity contribution in [1.82, 2.24) is 25.7 Å². The molecule has 5 N–H and O–H groups in total. The van der Waals surface area contributed by atoms with Crippen molar-refractivity contribution in [3.8, 4) is 0 Å². The highest BCUT2D eigenvalue weighted by atomic mass is 16.8. The van der Waals surface area contributed by atoms with Gasteiger partial charge in [0.25, 0.3) is 0 Å². The summed E-state index contributed by atoms with van der Waals surface area (Å²) in [6, 6.07) is 0. The van der Waals surface area contributed by atoms with E-state index in [-0.39, 0.29) is 19.4 Å². The summed E-state index contributed by atoms with van der Waals surface area (Å²) in [5, 5.41) is 38.0. The van der Waals surface area contributed by atoms with Crippen LogP contribution in [0.15, 0.2) is 4.99 Å². The molecule has 31 heavy (non-hydrogen) atoms. The third kappa shape index (κ3) is 7.48. The van der Waals surface area contributed by atoms with Crippen LogP contribution in [0.1, 0.15) is 59.3 Å². The van der Waals surface area contributed by atoms with Crippen LogP contribution in [-0.2, 0) is 14.4 Å². The van der Waals surface area contributed by atoms with Gasteiger partial charge in [0.15, 0.2) is 6.29 Å². The summed E-state index contributed by atoms with van der Waals surface area (Å²) in [6.07, 6.45) is 4.31. The fourth-order valence-corrected chi connectivity index (χ4v) is 2.94. The number of hydrogen-bond acceptors (Lipinski definition) is 10. The lowest BCUT2D eigenvalue weighted by Gasteiger charge is -2.56. The molecule has 0 amide bonds. The normalized spacial score (nSPS) is 23.7. The molecule has 1 aliphatic rings. The zero-order chi connectivity index (χ0) is 23.1. The van der Waals surface area contributed by atoms with Crippen LogP contribution < -0.4 is 10.6 Å². The quantitative estimate of drug-likeness (QED) is 0.152. The van der Waals surface area contributed by atoms with Gasteiger partial charge in [0, 0.05) is 0 Å². The maximum atomic E-state index is 10.1. The Morgan fingerprint density at radius 3 is 2.19 bits per heavy atom. The molecule has 12 heteroatoms. The first-order chi connectivity index (χ1) is 15.1. The highest BCUT2D eigenvalue weighted by Gasteiger charge is 2.58. The van der Waals surface area contributed by atoms with Crippen molar-refractivity contribution in [2.75, 3.05) is 47.1 Å². The molecular formula is C19H42N6O6. The van der Waals surface area contributed by atoms with Gasteiger partial charge in [0.1, 0.15) is 13.5 Å². The highest BCUT2D eigenvalue weighted by molar-refractivity contribution is 5.80. The van der Waals surface area contributed by atoms with Gasteiger partial charge in [-0.3, -0.25) is 15.0 Å². The minimum absolute atomic E-state index is 0.177. The average molecular weight is 451 g/mol. The third-order valence-electron chi connectivity index (χ3n) is 4.70. The van der Waals surface area contributed by atoms with E-state index in [9.17, 15) is 15.3 Å². The molecule has 1 heterocycles. The molecule has 2 unspecified atom stereocenters. The minimum Gasteiger partial charge on any atom is -0.381 e. The maximum Gasteiger partial charge on any atom is 0.317 e. The summed E-state index contributed by atoms with van der Waals surface area (Å²) in [7, 11) is 1.66. The van der Waals surface area contributed by atoms with Crippen molar-refractivity contribution in [3.05, 3.63) is 0 Å². The lowest BCUT2D eigenvalue weighted by Crippen LogP contribution is -2.82. The zero-order valence-corrected chi connectivity index (χ0v) is 19.4. The Hall–Kier alpha value is -1.09. The first kappa shape index (κ1) is 27.9. The number of guanidine groups is 1. The lowest BCUT2D eigenvalue weighted by molar-refractivity contribution is -0.477. The number of rotatable bonds is 17. The number of aliphatic hydroxyl groups excluding tert-OH is 3. The molecule has 12 nitrogen and oxygen atoms in total. The molecule has 0 aliphatic carbocycles. The summed E-state index contributed by atoms with van der Waals surface area (Å²) >= 11 is 0. The molecule has 2 atom stereocenters. The van der Waals surface area contributed by atoms with Crippen molar-refractivity contribution >= 4 is 5.96 Å². The maximum absolute atomic E-state index is 10.1. The van der Waals surface area contributed by atoms with E-state index in [0.717, 1.165) is 38.5 Å². The van der Waals surface area contributed by atoms with Gasteiger partial charge in [0.2, 0.25) is 5.96 Å². The number of hydrogen-bond donors (Lipinski definition) is 5. The largest absolute Gasteiger partial charge is 0.381 e. The summed E-state index contributed by atoms with van der Waals surface area (Å²) in [5.74, 6) is -1.38. The Kier molecular flexibility index (Phi) is 14.1. The fraction of sp³-hybridized carbons (Fsp3) is 0.947. The summed E-state index contributed by atoms with van der Waals surface area (Å²) in [5.41, 5.74) is 0. The van der Waals surface area contributed by atoms with Crippen LogP contribution in [0.5, 0.6) is 0 Å². The molecule has 1 saturated heterocycles. The standard InChI is InChI=1S/C19H42N6O6/c1-5-8-11-29-19(23(4)16-28)24(30-12-9-6-2)17(20-14-26)22-18(21-15-27)25(19)31-13-10-7-3/h17,20,26-28H,5-16H2,1-4H3,(H,21,22). The first-order valence-electron chi connectivity index (χ1n) is 11.1. The van der Waals surface area contributed by atoms with Gasteiger partial charge in [-0.15, -0.1) is 0 Å². The molecule has 0 aromatic heterocycles. The van der Waals surface area contributed by atoms with Crippen LogP contribution in [-0.4, -0.2) is 95.6 Å². The van der Waals surface area contributed by atoms with Gasteiger partial charge in [-0.2, -0.15) is 5.06 Å². The van der Waals surface area contributed by atoms with E-state index < -0.39 is 19.0 Å². The zero-order valence-electron chi connectivity index (χ0n) is 19.4. The number of nitrogens with zero attached hydrogens (tertiary/aromatic N) is 4. The van der Waals surface area contributed by atoms with Crippen LogP contribution in [0.25, 0.3) is 0 Å². The number of aliphatic imine (C=N–C) groups is 1. The second-order valence-corrected chi connectivity index (χ2v) is 7.14. The summed E-state index contributed by atoms with van der Waals surface area (Å²) in [4.78, 5) is 17.8. The van der Waals surface area contributed by atoms with Gasteiger partial charge in [-0.1, -0.05) is 45.1 Å². The van der Waals surface area contributed by atoms with Crippen LogP contribution in [0, 0.1) is 0 Å². The second-order valence-electron chi connectivity index (χ2n) is 7.14. The van der Waals surface area contributed by atoms with Crippen molar-refractivity contribution in [1.29, 1.82) is 0 Å². The predicted octanol–water partition coefficient (Wildman–Crippen LogP) is 0.0954. The van der Waals surface area contributed by atoms with Gasteiger partial charge >= 0.3 is 5.97 Å². The van der Waals surface area contributed by atoms with Gasteiger partial charge in [-0.05, 0) is 26.3 Å². The van der Waals surface area contributed by atoms with Crippen molar-refractivity contribution < 1.29 is 29.7 Å². The van der Waals surface area contributed by atoms with Crippen molar-refractivity contribution in [2.24, 2.45) is 4.99 Å². The molecule has 0 radical (unpaired) electrons. The highest BCUT2D eigenvalue weighted by Crippen LogP contribution is 2.32. The Morgan fingerprint density at radius 1 is 1.03 bits per heavy atom. The Bertz CT molecular complexity index is 503. The number of hydroxylamine groups is 4. The Balaban J connectivity index is 3.51. The fourth-order valence-electron chi connectivity index (χ4n) is 2.94. The molecule has 1 aliphatic heterocycles. The molecule has 0 aromatic rings. The van der Waals surface area contributed by atoms with Crippen LogP contribution >= 0.6 is 0 Å². The van der Waals surface area contributed by atoms with E-state index in [0.29, 0.717) is 19.8 Å². The smallest absolute Gasteiger partial charge is 0.317 e. The SMILES string of the molecule is CCCCON1/C(=N/CO)NC(NCO)N(OCCCC)C1(OCCCC)N(C)CO. The number of ether oxygens (including phenoxy) is 1. The van der Waals surface area contributed by atoms with Gasteiger partial charge in [-0.25, -0.2) is 9.89 Å². The molecule has 0 spiro atoms. The number of nitrogens with one attached hydrogen (secondary N) is 2. The van der Waals surface area contributed by atoms with Crippen molar-refractivity contribution in [2.45, 2.75) is 71.6 Å². The summed E-state index contributed by atoms with van der Waals surface area (Å²) in [6.45, 7) is 6.01. The van der Waals surface area contributed by atoms with E-state index >= 15 is 0 Å². The molecule has 0 aromatic carbocycles. The molecular weight excluding hydrogens is 408 g/mol. The minimum atomic E-state index is -1.56. The number of aliphatic hydroxyl groups is 3. The summed E-state index contributed by atoms with van der Waals surface area (Å²) < 4.78 is 6.35. The second kappa shape index (κ2) is 15.7. The van der Waals surface area contributed by atoms with Gasteiger partial charge < -0.3 is 25.4 Å². The Morgan fingerprint density at radius 2 is 1.65 bits per heavy atom. The van der Waals surface area contributed by atoms with Crippen molar-refractivity contribution in [3.63, 3.8) is 0 Å². The monoisotopic (exact) mass is 450 g/mol. The van der Waals surface area contributed by atoms with Crippen LogP contribution in [0.4, 0.5) is 0 Å². The van der Waals surface area contributed by atoms with E-state index in [2.05, 4.69) is 22.5 Å². The van der Waals surface area contributed by atoms with Crippen LogP contribution in [0.3, 0.4) is 0 Å². The molecule has 0 saturated carbocycles. The van der Waals surface area contributed by atoms with E-state index in [1.807, 2.05) is 13.8 Å². The van der Waals surface area contributed by atoms with E-state index in [4.69, 9.17) is 14.4 Å². The third-order valence-corrected chi connectivity index (χ3v) is 4.70.